The number of rotatable bonds is 7. The van der Waals surface area contributed by atoms with Crippen molar-refractivity contribution >= 4 is 11.8 Å². The number of hydrogen-bond acceptors (Lipinski definition) is 4. The molecule has 1 heterocycles. The van der Waals surface area contributed by atoms with Crippen LogP contribution in [-0.2, 0) is 22.4 Å². The molecule has 1 aromatic carbocycles. The lowest BCUT2D eigenvalue weighted by Gasteiger charge is -2.40. The average molecular weight is 373 g/mol. The highest BCUT2D eigenvalue weighted by Crippen LogP contribution is 2.28. The van der Waals surface area contributed by atoms with Crippen LogP contribution in [0.15, 0.2) is 24.3 Å². The summed E-state index contributed by atoms with van der Waals surface area (Å²) in [6, 6.07) is 8.36. The molecule has 0 radical (unpaired) electrons. The molecule has 3 rings (SSSR count). The van der Waals surface area contributed by atoms with E-state index >= 15 is 0 Å². The minimum Gasteiger partial charge on any atom is -0.396 e. The summed E-state index contributed by atoms with van der Waals surface area (Å²) in [5, 5.41) is 12.0. The molecule has 6 nitrogen and oxygen atoms in total. The van der Waals surface area contributed by atoms with Gasteiger partial charge in [-0.25, -0.2) is 0 Å². The van der Waals surface area contributed by atoms with E-state index in [2.05, 4.69) is 34.5 Å². The van der Waals surface area contributed by atoms with Crippen molar-refractivity contribution in [2.45, 2.75) is 57.7 Å². The smallest absolute Gasteiger partial charge is 0.237 e. The molecule has 6 heteroatoms. The fraction of sp³-hybridized carbons (Fsp3) is 0.619. The Labute approximate surface area is 161 Å². The highest BCUT2D eigenvalue weighted by atomic mass is 16.3. The second-order valence-electron chi connectivity index (χ2n) is 7.84. The van der Waals surface area contributed by atoms with Crippen LogP contribution in [0.2, 0.25) is 0 Å². The van der Waals surface area contributed by atoms with Gasteiger partial charge in [-0.05, 0) is 44.2 Å². The van der Waals surface area contributed by atoms with Crippen molar-refractivity contribution in [3.63, 3.8) is 0 Å². The van der Waals surface area contributed by atoms with Crippen LogP contribution in [0.25, 0.3) is 0 Å². The Balaban J connectivity index is 1.71. The summed E-state index contributed by atoms with van der Waals surface area (Å²) in [6.45, 7) is 5.95. The normalized spacial score (nSPS) is 20.6. The molecule has 148 valence electrons. The van der Waals surface area contributed by atoms with Gasteiger partial charge in [0.2, 0.25) is 11.8 Å². The molecule has 0 bridgehead atoms. The summed E-state index contributed by atoms with van der Waals surface area (Å²) in [5.41, 5.74) is 2.70. The van der Waals surface area contributed by atoms with Crippen LogP contribution in [-0.4, -0.2) is 71.1 Å². The maximum absolute atomic E-state index is 12.9. The van der Waals surface area contributed by atoms with E-state index in [1.54, 1.807) is 4.90 Å². The Kier molecular flexibility index (Phi) is 6.50. The lowest BCUT2D eigenvalue weighted by atomic mass is 10.0. The number of carbonyl (C=O) groups is 2. The maximum Gasteiger partial charge on any atom is 0.237 e. The van der Waals surface area contributed by atoms with E-state index in [1.165, 1.54) is 11.1 Å². The Morgan fingerprint density at radius 2 is 1.96 bits per heavy atom. The first-order chi connectivity index (χ1) is 13.0. The number of fused-ring (bicyclic) bond motifs is 1. The van der Waals surface area contributed by atoms with E-state index in [4.69, 9.17) is 5.11 Å². The fourth-order valence-electron chi connectivity index (χ4n) is 4.34. The van der Waals surface area contributed by atoms with Crippen molar-refractivity contribution < 1.29 is 14.7 Å². The predicted octanol–water partition coefficient (Wildman–Crippen LogP) is 0.964. The third-order valence-electron chi connectivity index (χ3n) is 5.74. The summed E-state index contributed by atoms with van der Waals surface area (Å²) in [4.78, 5) is 29.5. The highest BCUT2D eigenvalue weighted by molar-refractivity contribution is 5.89. The topological polar surface area (TPSA) is 72.9 Å². The SMILES string of the molecule is CC(C)N(CCCO)C(=O)C[C@H]1C(=O)NCCN1C1Cc2ccccc2C1. The standard InChI is InChI=1S/C21H31N3O3/c1-15(2)23(9-5-11-25)20(26)14-19-21(27)22-8-10-24(19)18-12-16-6-3-4-7-17(16)13-18/h3-4,6-7,15,18-19,25H,5,8-14H2,1-2H3,(H,22,27)/t19-/m0/s1. The molecule has 1 saturated heterocycles. The van der Waals surface area contributed by atoms with Gasteiger partial charge in [0.25, 0.3) is 0 Å². The lowest BCUT2D eigenvalue weighted by Crippen LogP contribution is -2.60. The van der Waals surface area contributed by atoms with Crippen molar-refractivity contribution in [2.24, 2.45) is 0 Å². The number of hydrogen-bond donors (Lipinski definition) is 2. The summed E-state index contributed by atoms with van der Waals surface area (Å²) in [6.07, 6.45) is 2.63. The molecule has 2 amide bonds. The Morgan fingerprint density at radius 1 is 1.30 bits per heavy atom. The average Bonchev–Trinajstić information content (AvgIpc) is 3.07. The van der Waals surface area contributed by atoms with Gasteiger partial charge in [0.05, 0.1) is 12.5 Å². The molecule has 1 atom stereocenters. The highest BCUT2D eigenvalue weighted by Gasteiger charge is 2.38. The summed E-state index contributed by atoms with van der Waals surface area (Å²) >= 11 is 0. The number of piperazine rings is 1. The molecule has 2 N–H and O–H groups in total. The molecule has 0 saturated carbocycles. The zero-order valence-corrected chi connectivity index (χ0v) is 16.4. The van der Waals surface area contributed by atoms with Gasteiger partial charge in [0.1, 0.15) is 0 Å². The van der Waals surface area contributed by atoms with Crippen molar-refractivity contribution in [1.29, 1.82) is 0 Å². The van der Waals surface area contributed by atoms with E-state index < -0.39 is 6.04 Å². The molecule has 27 heavy (non-hydrogen) atoms. The van der Waals surface area contributed by atoms with Gasteiger partial charge in [-0.3, -0.25) is 14.5 Å². The van der Waals surface area contributed by atoms with Gasteiger partial charge < -0.3 is 15.3 Å². The van der Waals surface area contributed by atoms with Crippen LogP contribution in [0.1, 0.15) is 37.8 Å². The molecule has 1 aromatic rings. The molecule has 2 aliphatic rings. The predicted molar refractivity (Wildman–Crippen MR) is 104 cm³/mol. The minimum atomic E-state index is -0.416. The van der Waals surface area contributed by atoms with E-state index in [9.17, 15) is 9.59 Å². The van der Waals surface area contributed by atoms with Crippen molar-refractivity contribution in [2.75, 3.05) is 26.2 Å². The zero-order chi connectivity index (χ0) is 19.4. The number of nitrogens with zero attached hydrogens (tertiary/aromatic N) is 2. The summed E-state index contributed by atoms with van der Waals surface area (Å²) in [7, 11) is 0. The van der Waals surface area contributed by atoms with Gasteiger partial charge >= 0.3 is 0 Å². The number of nitrogens with one attached hydrogen (secondary N) is 1. The third kappa shape index (κ3) is 4.50. The first-order valence-electron chi connectivity index (χ1n) is 10.0. The van der Waals surface area contributed by atoms with Crippen molar-refractivity contribution in [3.8, 4) is 0 Å². The van der Waals surface area contributed by atoms with Crippen LogP contribution in [0.4, 0.5) is 0 Å². The first kappa shape index (κ1) is 19.8. The number of aliphatic hydroxyl groups excluding tert-OH is 1. The second kappa shape index (κ2) is 8.85. The quantitative estimate of drug-likeness (QED) is 0.747. The molecular formula is C21H31N3O3. The van der Waals surface area contributed by atoms with Crippen LogP contribution in [0, 0.1) is 0 Å². The minimum absolute atomic E-state index is 0.0130. The van der Waals surface area contributed by atoms with E-state index in [0.717, 1.165) is 19.4 Å². The van der Waals surface area contributed by atoms with Crippen molar-refractivity contribution in [1.82, 2.24) is 15.1 Å². The monoisotopic (exact) mass is 373 g/mol. The Hall–Kier alpha value is -1.92. The third-order valence-corrected chi connectivity index (χ3v) is 5.74. The zero-order valence-electron chi connectivity index (χ0n) is 16.4. The molecular weight excluding hydrogens is 342 g/mol. The second-order valence-corrected chi connectivity index (χ2v) is 7.84. The van der Waals surface area contributed by atoms with Crippen molar-refractivity contribution in [3.05, 3.63) is 35.4 Å². The van der Waals surface area contributed by atoms with E-state index in [1.807, 2.05) is 13.8 Å². The Morgan fingerprint density at radius 3 is 2.56 bits per heavy atom. The largest absolute Gasteiger partial charge is 0.396 e. The van der Waals surface area contributed by atoms with Gasteiger partial charge in [-0.1, -0.05) is 24.3 Å². The van der Waals surface area contributed by atoms with Crippen LogP contribution >= 0.6 is 0 Å². The molecule has 1 aliphatic carbocycles. The molecule has 1 fully saturated rings. The molecule has 0 spiro atoms. The molecule has 1 aliphatic heterocycles. The Bertz CT molecular complexity index is 651. The number of aliphatic hydroxyl groups is 1. The van der Waals surface area contributed by atoms with Gasteiger partial charge in [-0.2, -0.15) is 0 Å². The fourth-order valence-corrected chi connectivity index (χ4v) is 4.34. The summed E-state index contributed by atoms with van der Waals surface area (Å²) < 4.78 is 0. The van der Waals surface area contributed by atoms with E-state index in [-0.39, 0.29) is 36.9 Å². The van der Waals surface area contributed by atoms with Gasteiger partial charge in [0.15, 0.2) is 0 Å². The maximum atomic E-state index is 12.9. The van der Waals surface area contributed by atoms with E-state index in [0.29, 0.717) is 19.5 Å². The number of amides is 2. The molecule has 0 aromatic heterocycles. The lowest BCUT2D eigenvalue weighted by molar-refractivity contribution is -0.141. The van der Waals surface area contributed by atoms with Crippen LogP contribution in [0.3, 0.4) is 0 Å². The van der Waals surface area contributed by atoms with Crippen LogP contribution < -0.4 is 5.32 Å². The first-order valence-corrected chi connectivity index (χ1v) is 10.0. The number of carbonyl (C=O) groups excluding carboxylic acids is 2. The van der Waals surface area contributed by atoms with Crippen LogP contribution in [0.5, 0.6) is 0 Å². The summed E-state index contributed by atoms with van der Waals surface area (Å²) in [5.74, 6) is -0.0579. The molecule has 0 unspecified atom stereocenters. The van der Waals surface area contributed by atoms with Gasteiger partial charge in [-0.15, -0.1) is 0 Å². The number of benzene rings is 1. The van der Waals surface area contributed by atoms with Gasteiger partial charge in [0, 0.05) is 38.3 Å².